The molecule has 0 saturated heterocycles. The van der Waals surface area contributed by atoms with Crippen LogP contribution in [0.2, 0.25) is 0 Å². The van der Waals surface area contributed by atoms with Crippen LogP contribution in [0.3, 0.4) is 0 Å². The van der Waals surface area contributed by atoms with Gasteiger partial charge in [-0.3, -0.25) is 0 Å². The Morgan fingerprint density at radius 1 is 1.38 bits per heavy atom. The molecule has 1 unspecified atom stereocenters. The molecule has 0 aliphatic rings. The van der Waals surface area contributed by atoms with Gasteiger partial charge in [-0.1, -0.05) is 0 Å². The van der Waals surface area contributed by atoms with Gasteiger partial charge in [-0.05, 0) is 24.3 Å². The summed E-state index contributed by atoms with van der Waals surface area (Å²) in [6.07, 6.45) is -1.68. The number of aliphatic hydroxyl groups is 1. The maximum atomic E-state index is 12.4. The van der Waals surface area contributed by atoms with E-state index in [4.69, 9.17) is 10.2 Å². The third-order valence-corrected chi connectivity index (χ3v) is 1.38. The summed E-state index contributed by atoms with van der Waals surface area (Å²) >= 11 is 0. The molecule has 0 fully saturated rings. The van der Waals surface area contributed by atoms with Crippen LogP contribution in [-0.4, -0.2) is 22.4 Å². The molecule has 70 valence electrons. The zero-order chi connectivity index (χ0) is 9.84. The van der Waals surface area contributed by atoms with Crippen LogP contribution in [0.1, 0.15) is 0 Å². The van der Waals surface area contributed by atoms with E-state index in [-0.39, 0.29) is 0 Å². The normalized spacial score (nSPS) is 12.2. The largest absolute Gasteiger partial charge is 0.478 e. The molecule has 0 spiro atoms. The number of rotatable bonds is 3. The Morgan fingerprint density at radius 2 is 1.92 bits per heavy atom. The van der Waals surface area contributed by atoms with Crippen molar-refractivity contribution in [3.8, 4) is 0 Å². The standard InChI is InChI=1S/C8H8FNO3/c9-5-1-3-6(4-2-5)10-7(11)8(12)13/h1-4,7,10-11H,(H,12,13). The second kappa shape index (κ2) is 3.86. The highest BCUT2D eigenvalue weighted by molar-refractivity contribution is 5.75. The Hall–Kier alpha value is -1.62. The van der Waals surface area contributed by atoms with E-state index in [0.29, 0.717) is 5.69 Å². The Labute approximate surface area is 73.6 Å². The molecule has 0 amide bonds. The fourth-order valence-electron chi connectivity index (χ4n) is 0.766. The van der Waals surface area contributed by atoms with Gasteiger partial charge < -0.3 is 15.5 Å². The highest BCUT2D eigenvalue weighted by Crippen LogP contribution is 2.08. The van der Waals surface area contributed by atoms with E-state index < -0.39 is 18.0 Å². The Bertz CT molecular complexity index is 299. The maximum Gasteiger partial charge on any atom is 0.353 e. The number of nitrogens with one attached hydrogen (secondary N) is 1. The number of benzene rings is 1. The van der Waals surface area contributed by atoms with Crippen molar-refractivity contribution in [2.24, 2.45) is 0 Å². The minimum atomic E-state index is -1.68. The topological polar surface area (TPSA) is 69.6 Å². The number of aliphatic carboxylic acids is 1. The summed E-state index contributed by atoms with van der Waals surface area (Å²) in [7, 11) is 0. The minimum Gasteiger partial charge on any atom is -0.478 e. The van der Waals surface area contributed by atoms with Crippen molar-refractivity contribution >= 4 is 11.7 Å². The first-order valence-corrected chi connectivity index (χ1v) is 3.52. The van der Waals surface area contributed by atoms with E-state index in [1.54, 1.807) is 0 Å². The van der Waals surface area contributed by atoms with Crippen LogP contribution >= 0.6 is 0 Å². The van der Waals surface area contributed by atoms with E-state index in [1.807, 2.05) is 0 Å². The summed E-state index contributed by atoms with van der Waals surface area (Å²) in [5.41, 5.74) is 0.344. The molecule has 13 heavy (non-hydrogen) atoms. The molecule has 3 N–H and O–H groups in total. The maximum absolute atomic E-state index is 12.4. The van der Waals surface area contributed by atoms with Crippen LogP contribution in [0.5, 0.6) is 0 Å². The monoisotopic (exact) mass is 185 g/mol. The third-order valence-electron chi connectivity index (χ3n) is 1.38. The quantitative estimate of drug-likeness (QED) is 0.604. The fourth-order valence-corrected chi connectivity index (χ4v) is 0.766. The second-order valence-electron chi connectivity index (χ2n) is 2.39. The lowest BCUT2D eigenvalue weighted by Gasteiger charge is -2.08. The van der Waals surface area contributed by atoms with Gasteiger partial charge in [-0.2, -0.15) is 0 Å². The van der Waals surface area contributed by atoms with E-state index in [1.165, 1.54) is 12.1 Å². The predicted octanol–water partition coefficient (Wildman–Crippen LogP) is 0.641. The smallest absolute Gasteiger partial charge is 0.353 e. The number of carboxylic acids is 1. The summed E-state index contributed by atoms with van der Waals surface area (Å²) < 4.78 is 12.4. The lowest BCUT2D eigenvalue weighted by atomic mass is 10.3. The van der Waals surface area contributed by atoms with Gasteiger partial charge in [0.25, 0.3) is 0 Å². The zero-order valence-electron chi connectivity index (χ0n) is 6.57. The lowest BCUT2D eigenvalue weighted by Crippen LogP contribution is -2.28. The van der Waals surface area contributed by atoms with Gasteiger partial charge in [-0.25, -0.2) is 9.18 Å². The van der Waals surface area contributed by atoms with Gasteiger partial charge in [0, 0.05) is 5.69 Å². The summed E-state index contributed by atoms with van der Waals surface area (Å²) in [6, 6.07) is 5.00. The predicted molar refractivity (Wildman–Crippen MR) is 43.7 cm³/mol. The second-order valence-corrected chi connectivity index (χ2v) is 2.39. The average molecular weight is 185 g/mol. The molecule has 0 aromatic heterocycles. The molecule has 1 aromatic carbocycles. The highest BCUT2D eigenvalue weighted by Gasteiger charge is 2.11. The molecule has 4 nitrogen and oxygen atoms in total. The molecule has 5 heteroatoms. The molecule has 1 rings (SSSR count). The number of hydrogen-bond donors (Lipinski definition) is 3. The van der Waals surface area contributed by atoms with Crippen LogP contribution in [0.4, 0.5) is 10.1 Å². The fraction of sp³-hybridized carbons (Fsp3) is 0.125. The van der Waals surface area contributed by atoms with Crippen molar-refractivity contribution in [3.63, 3.8) is 0 Å². The molecule has 0 radical (unpaired) electrons. The number of carbonyl (C=O) groups is 1. The summed E-state index contributed by atoms with van der Waals surface area (Å²) in [4.78, 5) is 10.2. The number of carboxylic acid groups (broad SMARTS) is 1. The van der Waals surface area contributed by atoms with E-state index in [0.717, 1.165) is 12.1 Å². The minimum absolute atomic E-state index is 0.344. The van der Waals surface area contributed by atoms with Crippen LogP contribution in [0.25, 0.3) is 0 Å². The first-order valence-electron chi connectivity index (χ1n) is 3.52. The Morgan fingerprint density at radius 3 is 2.38 bits per heavy atom. The Kier molecular flexibility index (Phi) is 2.81. The summed E-state index contributed by atoms with van der Waals surface area (Å²) in [5.74, 6) is -1.81. The summed E-state index contributed by atoms with van der Waals surface area (Å²) in [6.45, 7) is 0. The highest BCUT2D eigenvalue weighted by atomic mass is 19.1. The van der Waals surface area contributed by atoms with E-state index in [2.05, 4.69) is 5.32 Å². The van der Waals surface area contributed by atoms with Crippen molar-refractivity contribution in [1.82, 2.24) is 0 Å². The van der Waals surface area contributed by atoms with Gasteiger partial charge in [0.15, 0.2) is 0 Å². The van der Waals surface area contributed by atoms with E-state index >= 15 is 0 Å². The molecule has 0 bridgehead atoms. The van der Waals surface area contributed by atoms with Crippen LogP contribution < -0.4 is 5.32 Å². The van der Waals surface area contributed by atoms with Crippen molar-refractivity contribution in [2.45, 2.75) is 6.23 Å². The molecular formula is C8H8FNO3. The van der Waals surface area contributed by atoms with Crippen molar-refractivity contribution in [1.29, 1.82) is 0 Å². The Balaban J connectivity index is 2.64. The zero-order valence-corrected chi connectivity index (χ0v) is 6.57. The molecule has 0 saturated carbocycles. The summed E-state index contributed by atoms with van der Waals surface area (Å²) in [5, 5.41) is 19.4. The van der Waals surface area contributed by atoms with Crippen molar-refractivity contribution in [2.75, 3.05) is 5.32 Å². The van der Waals surface area contributed by atoms with Gasteiger partial charge in [-0.15, -0.1) is 0 Å². The average Bonchev–Trinajstić information content (AvgIpc) is 2.08. The first-order chi connectivity index (χ1) is 6.09. The van der Waals surface area contributed by atoms with Crippen molar-refractivity contribution in [3.05, 3.63) is 30.1 Å². The van der Waals surface area contributed by atoms with E-state index in [9.17, 15) is 9.18 Å². The van der Waals surface area contributed by atoms with Crippen molar-refractivity contribution < 1.29 is 19.4 Å². The van der Waals surface area contributed by atoms with Gasteiger partial charge in [0.2, 0.25) is 6.23 Å². The van der Waals surface area contributed by atoms with Gasteiger partial charge >= 0.3 is 5.97 Å². The van der Waals surface area contributed by atoms with Gasteiger partial charge in [0.05, 0.1) is 0 Å². The number of halogens is 1. The van der Waals surface area contributed by atoms with Crippen LogP contribution in [0.15, 0.2) is 24.3 Å². The first kappa shape index (κ1) is 9.47. The van der Waals surface area contributed by atoms with Gasteiger partial charge in [0.1, 0.15) is 5.82 Å². The molecular weight excluding hydrogens is 177 g/mol. The lowest BCUT2D eigenvalue weighted by molar-refractivity contribution is -0.145. The SMILES string of the molecule is O=C(O)C(O)Nc1ccc(F)cc1. The number of anilines is 1. The molecule has 1 aromatic rings. The molecule has 0 heterocycles. The number of aliphatic hydroxyl groups excluding tert-OH is 1. The van der Waals surface area contributed by atoms with Crippen LogP contribution in [0, 0.1) is 5.82 Å². The third kappa shape index (κ3) is 2.72. The number of hydrogen-bond acceptors (Lipinski definition) is 3. The molecule has 1 atom stereocenters. The molecule has 0 aliphatic carbocycles. The molecule has 0 aliphatic heterocycles. The van der Waals surface area contributed by atoms with Crippen LogP contribution in [-0.2, 0) is 4.79 Å².